The van der Waals surface area contributed by atoms with Crippen molar-refractivity contribution in [3.63, 3.8) is 0 Å². The van der Waals surface area contributed by atoms with E-state index in [-0.39, 0.29) is 85.2 Å². The van der Waals surface area contributed by atoms with Gasteiger partial charge in [0.15, 0.2) is 0 Å². The summed E-state index contributed by atoms with van der Waals surface area (Å²) >= 11 is 0. The molecule has 0 spiro atoms. The molecular weight excluding hydrogens is 759 g/mol. The zero-order chi connectivity index (χ0) is 41.8. The highest BCUT2D eigenvalue weighted by atomic mass is 16.7. The van der Waals surface area contributed by atoms with Crippen molar-refractivity contribution in [3.05, 3.63) is 84.4 Å². The second kappa shape index (κ2) is 23.4. The number of carbonyl (C=O) groups is 4. The van der Waals surface area contributed by atoms with E-state index >= 15 is 0 Å². The van der Waals surface area contributed by atoms with Crippen LogP contribution in [0.2, 0.25) is 6.32 Å². The molecule has 2 amide bonds. The third kappa shape index (κ3) is 12.8. The summed E-state index contributed by atoms with van der Waals surface area (Å²) in [6, 6.07) is 17.1. The first-order valence-corrected chi connectivity index (χ1v) is 19.5. The van der Waals surface area contributed by atoms with Gasteiger partial charge in [-0.2, -0.15) is 0 Å². The Hall–Kier alpha value is -4.44. The van der Waals surface area contributed by atoms with Gasteiger partial charge in [-0.25, -0.2) is 19.2 Å². The van der Waals surface area contributed by atoms with Gasteiger partial charge in [0.05, 0.1) is 25.4 Å². The molecule has 0 aromatic heterocycles. The zero-order valence-corrected chi connectivity index (χ0v) is 34.0. The topological polar surface area (TPSA) is 171 Å². The Labute approximate surface area is 351 Å². The zero-order valence-electron chi connectivity index (χ0n) is 34.0. The molecule has 0 bridgehead atoms. The number of likely N-dealkylation sites (tertiary alicyclic amines) is 2. The predicted molar refractivity (Wildman–Crippen MR) is 225 cm³/mol. The summed E-state index contributed by atoms with van der Waals surface area (Å²) in [4.78, 5) is 52.9. The van der Waals surface area contributed by atoms with Gasteiger partial charge in [0.2, 0.25) is 0 Å². The molecule has 0 saturated carbocycles. The quantitative estimate of drug-likeness (QED) is 0.0915. The Kier molecular flexibility index (Phi) is 20.1. The first-order chi connectivity index (χ1) is 27.2. The summed E-state index contributed by atoms with van der Waals surface area (Å²) in [5, 5.41) is 19.6. The maximum absolute atomic E-state index is 12.9. The fourth-order valence-corrected chi connectivity index (χ4v) is 7.70. The number of carbonyl (C=O) groups excluding carboxylic acids is 4. The average molecular weight is 827 g/mol. The molecule has 3 heterocycles. The number of aliphatic hydroxyl groups is 2. The number of ether oxygens (including phenoxy) is 4. The van der Waals surface area contributed by atoms with Gasteiger partial charge in [0.25, 0.3) is 0 Å². The summed E-state index contributed by atoms with van der Waals surface area (Å²) in [6.45, 7) is 12.2. The molecule has 3 aliphatic heterocycles. The van der Waals surface area contributed by atoms with E-state index < -0.39 is 47.4 Å². The Morgan fingerprint density at radius 1 is 0.746 bits per heavy atom. The highest BCUT2D eigenvalue weighted by Crippen LogP contribution is 2.40. The van der Waals surface area contributed by atoms with Crippen molar-refractivity contribution in [3.8, 4) is 0 Å². The number of esters is 2. The monoisotopic (exact) mass is 826 g/mol. The predicted octanol–water partition coefficient (Wildman–Crippen LogP) is 6.53. The molecule has 3 aliphatic rings. The number of benzene rings is 2. The van der Waals surface area contributed by atoms with Crippen LogP contribution in [0.3, 0.4) is 0 Å². The molecule has 2 aromatic rings. The van der Waals surface area contributed by atoms with Crippen molar-refractivity contribution in [2.75, 3.05) is 40.5 Å². The van der Waals surface area contributed by atoms with Gasteiger partial charge in [0.1, 0.15) is 25.3 Å². The van der Waals surface area contributed by atoms with Crippen LogP contribution in [0.5, 0.6) is 0 Å². The Bertz CT molecular complexity index is 1610. The number of hydrogen-bond donors (Lipinski definition) is 2. The first kappa shape index (κ1) is 50.7. The molecule has 2 N–H and O–H groups in total. The summed E-state index contributed by atoms with van der Waals surface area (Å²) < 4.78 is 32.8. The van der Waals surface area contributed by atoms with Crippen LogP contribution in [-0.2, 0) is 51.1 Å². The summed E-state index contributed by atoms with van der Waals surface area (Å²) in [5.41, 5.74) is 0.928. The van der Waals surface area contributed by atoms with Crippen molar-refractivity contribution in [2.45, 2.75) is 105 Å². The third-order valence-corrected chi connectivity index (χ3v) is 11.5. The SMILES string of the molecule is C.C.C=CC[C@@H]1C(CO)CN(C(=O)OCc2ccccc2)[C@@H]1C(=O)OC.COC(=O)[C@@H]1[C@H](CCCB2OC(C)(C)C(C)(C)O2)C(CO)CN1C(=O)OCc1ccccc1. The number of rotatable bonds is 14. The minimum absolute atomic E-state index is 0. The van der Waals surface area contributed by atoms with Gasteiger partial charge in [-0.3, -0.25) is 9.80 Å². The van der Waals surface area contributed by atoms with Crippen LogP contribution < -0.4 is 0 Å². The van der Waals surface area contributed by atoms with E-state index in [1.54, 1.807) is 6.08 Å². The van der Waals surface area contributed by atoms with Gasteiger partial charge >= 0.3 is 31.2 Å². The molecule has 15 heteroatoms. The summed E-state index contributed by atoms with van der Waals surface area (Å²) in [5.74, 6) is -1.93. The summed E-state index contributed by atoms with van der Waals surface area (Å²) in [6.07, 6.45) is 3.03. The Morgan fingerprint density at radius 2 is 1.15 bits per heavy atom. The fourth-order valence-electron chi connectivity index (χ4n) is 7.70. The van der Waals surface area contributed by atoms with Crippen LogP contribution >= 0.6 is 0 Å². The normalized spacial score (nSPS) is 23.8. The van der Waals surface area contributed by atoms with E-state index in [0.29, 0.717) is 19.2 Å². The van der Waals surface area contributed by atoms with Crippen molar-refractivity contribution in [2.24, 2.45) is 23.7 Å². The number of hydrogen-bond acceptors (Lipinski definition) is 12. The second-order valence-electron chi connectivity index (χ2n) is 15.7. The Morgan fingerprint density at radius 3 is 1.54 bits per heavy atom. The lowest BCUT2D eigenvalue weighted by Crippen LogP contribution is -2.44. The molecule has 59 heavy (non-hydrogen) atoms. The summed E-state index contributed by atoms with van der Waals surface area (Å²) in [7, 11) is 2.27. The Balaban J connectivity index is 0.000000412. The number of nitrogens with zero attached hydrogens (tertiary/aromatic N) is 2. The number of amides is 2. The first-order valence-electron chi connectivity index (χ1n) is 19.5. The van der Waals surface area contributed by atoms with Crippen molar-refractivity contribution < 1.29 is 57.6 Å². The highest BCUT2D eigenvalue weighted by Gasteiger charge is 2.52. The van der Waals surface area contributed by atoms with Crippen LogP contribution in [0.15, 0.2) is 73.3 Å². The molecule has 6 atom stereocenters. The number of methoxy groups -OCH3 is 2. The molecule has 3 fully saturated rings. The van der Waals surface area contributed by atoms with Crippen molar-refractivity contribution in [1.82, 2.24) is 9.80 Å². The lowest BCUT2D eigenvalue weighted by molar-refractivity contribution is -0.147. The minimum atomic E-state index is -0.797. The molecule has 328 valence electrons. The van der Waals surface area contributed by atoms with E-state index in [4.69, 9.17) is 28.3 Å². The molecular formula is C44H67BN2O12. The number of aliphatic hydroxyl groups excluding tert-OH is 2. The van der Waals surface area contributed by atoms with E-state index in [0.717, 1.165) is 17.5 Å². The third-order valence-electron chi connectivity index (χ3n) is 11.5. The van der Waals surface area contributed by atoms with Crippen LogP contribution in [-0.4, -0.2) is 115 Å². The molecule has 2 unspecified atom stereocenters. The fraction of sp³-hybridized carbons (Fsp3) is 0.591. The lowest BCUT2D eigenvalue weighted by atomic mass is 9.78. The van der Waals surface area contributed by atoms with Crippen LogP contribution in [0, 0.1) is 23.7 Å². The molecule has 5 rings (SSSR count). The highest BCUT2D eigenvalue weighted by molar-refractivity contribution is 6.45. The van der Waals surface area contributed by atoms with E-state index in [9.17, 15) is 29.4 Å². The standard InChI is InChI=1S/C24H36BNO7.C18H23NO5.2CH4/c1-23(2)24(3,4)33-25(32-23)13-9-12-19-18(15-27)14-26(20(19)21(28)30-5)22(29)31-16-17-10-7-6-8-11-17;1-3-7-15-14(11-20)10-19(16(15)17(21)23-2)18(22)24-12-13-8-5-4-6-9-13;;/h6-8,10-11,18-20,27H,9,12-16H2,1-5H3;3-6,8-9,14-16,20H,1,7,10-12H2,2H3;2*1H4/t18?,19-,20+;14?,15-,16+;;/m11../s1. The maximum atomic E-state index is 12.9. The maximum Gasteiger partial charge on any atom is 0.457 e. The molecule has 3 saturated heterocycles. The van der Waals surface area contributed by atoms with Crippen LogP contribution in [0.25, 0.3) is 0 Å². The lowest BCUT2D eigenvalue weighted by Gasteiger charge is -2.32. The van der Waals surface area contributed by atoms with Gasteiger partial charge in [-0.15, -0.1) is 6.58 Å². The average Bonchev–Trinajstić information content (AvgIpc) is 3.84. The van der Waals surface area contributed by atoms with Crippen molar-refractivity contribution >= 4 is 31.2 Å². The number of allylic oxidation sites excluding steroid dienone is 1. The minimum Gasteiger partial charge on any atom is -0.467 e. The van der Waals surface area contributed by atoms with Gasteiger partial charge in [0, 0.05) is 44.1 Å². The van der Waals surface area contributed by atoms with E-state index in [2.05, 4.69) is 6.58 Å². The molecule has 14 nitrogen and oxygen atoms in total. The van der Waals surface area contributed by atoms with Crippen LogP contribution in [0.4, 0.5) is 9.59 Å². The van der Waals surface area contributed by atoms with Crippen molar-refractivity contribution in [1.29, 1.82) is 0 Å². The largest absolute Gasteiger partial charge is 0.467 e. The van der Waals surface area contributed by atoms with Gasteiger partial charge in [-0.1, -0.05) is 88.0 Å². The second-order valence-corrected chi connectivity index (χ2v) is 15.7. The van der Waals surface area contributed by atoms with E-state index in [1.165, 1.54) is 24.0 Å². The smallest absolute Gasteiger partial charge is 0.457 e. The van der Waals surface area contributed by atoms with Gasteiger partial charge < -0.3 is 38.5 Å². The van der Waals surface area contributed by atoms with Crippen LogP contribution in [0.1, 0.15) is 72.9 Å². The molecule has 2 aromatic carbocycles. The van der Waals surface area contributed by atoms with E-state index in [1.807, 2.05) is 88.4 Å². The molecule has 0 radical (unpaired) electrons. The molecule has 0 aliphatic carbocycles. The van der Waals surface area contributed by atoms with Gasteiger partial charge in [-0.05, 0) is 63.9 Å².